The molecule has 0 aromatic heterocycles. The molecule has 0 amide bonds. The smallest absolute Gasteiger partial charge is 0.0370 e. The zero-order valence-corrected chi connectivity index (χ0v) is 10.9. The van der Waals surface area contributed by atoms with E-state index in [1.54, 1.807) is 5.57 Å². The largest absolute Gasteiger partial charge is 0.293 e. The van der Waals surface area contributed by atoms with Gasteiger partial charge in [-0.25, -0.2) is 0 Å². The molecule has 0 saturated heterocycles. The summed E-state index contributed by atoms with van der Waals surface area (Å²) in [4.78, 5) is 4.39. The average Bonchev–Trinajstić information content (AvgIpc) is 2.07. The van der Waals surface area contributed by atoms with E-state index >= 15 is 0 Å². The number of allylic oxidation sites excluding steroid dienone is 2. The third-order valence-electron chi connectivity index (χ3n) is 3.41. The van der Waals surface area contributed by atoms with E-state index in [9.17, 15) is 0 Å². The van der Waals surface area contributed by atoms with Crippen LogP contribution >= 0.6 is 0 Å². The van der Waals surface area contributed by atoms with E-state index in [0.29, 0.717) is 11.8 Å². The second kappa shape index (κ2) is 5.48. The molecule has 0 aliphatic heterocycles. The minimum atomic E-state index is 0.545. The van der Waals surface area contributed by atoms with Gasteiger partial charge in [0.25, 0.3) is 0 Å². The Bertz CT molecular complexity index is 255. The van der Waals surface area contributed by atoms with E-state index < -0.39 is 0 Å². The lowest BCUT2D eigenvalue weighted by atomic mass is 9.75. The van der Waals surface area contributed by atoms with Gasteiger partial charge in [0.2, 0.25) is 0 Å². The Morgan fingerprint density at radius 3 is 2.00 bits per heavy atom. The number of hydrogen-bond acceptors (Lipinski definition) is 1. The van der Waals surface area contributed by atoms with Crippen LogP contribution in [0.2, 0.25) is 0 Å². The van der Waals surface area contributed by atoms with E-state index in [-0.39, 0.29) is 0 Å². The van der Waals surface area contributed by atoms with Crippen molar-refractivity contribution in [1.82, 2.24) is 0 Å². The predicted octanol–water partition coefficient (Wildman–Crippen LogP) is 4.10. The van der Waals surface area contributed by atoms with Gasteiger partial charge in [-0.05, 0) is 36.7 Å². The van der Waals surface area contributed by atoms with Crippen LogP contribution in [0.5, 0.6) is 0 Å². The lowest BCUT2D eigenvalue weighted by molar-refractivity contribution is 0.345. The van der Waals surface area contributed by atoms with Gasteiger partial charge in [0, 0.05) is 12.8 Å². The summed E-state index contributed by atoms with van der Waals surface area (Å²) >= 11 is 0. The highest BCUT2D eigenvalue weighted by Crippen LogP contribution is 2.36. The van der Waals surface area contributed by atoms with Crippen LogP contribution < -0.4 is 0 Å². The van der Waals surface area contributed by atoms with Crippen molar-refractivity contribution in [2.75, 3.05) is 7.05 Å². The van der Waals surface area contributed by atoms with Crippen LogP contribution in [0.15, 0.2) is 16.6 Å². The summed E-state index contributed by atoms with van der Waals surface area (Å²) in [6.07, 6.45) is 6.55. The first-order valence-corrected chi connectivity index (χ1v) is 6.24. The molecule has 1 saturated carbocycles. The standard InChI is InChI=1S/C14H25N/c1-10(2)13(12-7-6-8-12)9-14(15-5)11(3)4/h9-12H,6-8H2,1-5H3/b13-9-,15-14?. The molecule has 1 rings (SSSR count). The molecule has 0 spiro atoms. The topological polar surface area (TPSA) is 12.4 Å². The molecule has 0 heterocycles. The summed E-state index contributed by atoms with van der Waals surface area (Å²) < 4.78 is 0. The Labute approximate surface area is 94.7 Å². The highest BCUT2D eigenvalue weighted by Gasteiger charge is 2.24. The number of rotatable bonds is 4. The second-order valence-corrected chi connectivity index (χ2v) is 5.23. The molecule has 1 heteroatoms. The van der Waals surface area contributed by atoms with Crippen LogP contribution in [0, 0.1) is 17.8 Å². The molecular weight excluding hydrogens is 182 g/mol. The molecule has 1 aliphatic carbocycles. The molecule has 15 heavy (non-hydrogen) atoms. The molecule has 0 radical (unpaired) electrons. The van der Waals surface area contributed by atoms with Crippen molar-refractivity contribution >= 4 is 5.71 Å². The summed E-state index contributed by atoms with van der Waals surface area (Å²) in [7, 11) is 1.91. The van der Waals surface area contributed by atoms with E-state index in [1.165, 1.54) is 25.0 Å². The van der Waals surface area contributed by atoms with Crippen molar-refractivity contribution in [2.24, 2.45) is 22.7 Å². The molecule has 1 fully saturated rings. The van der Waals surface area contributed by atoms with Crippen LogP contribution in [0.4, 0.5) is 0 Å². The van der Waals surface area contributed by atoms with Gasteiger partial charge in [-0.2, -0.15) is 0 Å². The first-order chi connectivity index (χ1) is 7.06. The maximum Gasteiger partial charge on any atom is 0.0370 e. The first-order valence-electron chi connectivity index (χ1n) is 6.24. The fourth-order valence-corrected chi connectivity index (χ4v) is 2.16. The maximum atomic E-state index is 4.39. The fraction of sp³-hybridized carbons (Fsp3) is 0.786. The Balaban J connectivity index is 2.82. The normalized spacial score (nSPS) is 19.9. The molecule has 1 aliphatic rings. The summed E-state index contributed by atoms with van der Waals surface area (Å²) in [5.74, 6) is 2.06. The van der Waals surface area contributed by atoms with E-state index in [2.05, 4.69) is 38.8 Å². The lowest BCUT2D eigenvalue weighted by Crippen LogP contribution is -2.19. The number of aliphatic imine (C=N–C) groups is 1. The van der Waals surface area contributed by atoms with E-state index in [4.69, 9.17) is 0 Å². The third-order valence-corrected chi connectivity index (χ3v) is 3.41. The van der Waals surface area contributed by atoms with Gasteiger partial charge >= 0.3 is 0 Å². The van der Waals surface area contributed by atoms with Crippen molar-refractivity contribution < 1.29 is 0 Å². The van der Waals surface area contributed by atoms with Crippen LogP contribution in [-0.4, -0.2) is 12.8 Å². The van der Waals surface area contributed by atoms with Crippen molar-refractivity contribution in [2.45, 2.75) is 47.0 Å². The highest BCUT2D eigenvalue weighted by molar-refractivity contribution is 5.97. The van der Waals surface area contributed by atoms with Crippen molar-refractivity contribution in [1.29, 1.82) is 0 Å². The zero-order chi connectivity index (χ0) is 11.4. The summed E-state index contributed by atoms with van der Waals surface area (Å²) in [5.41, 5.74) is 2.88. The SMILES string of the molecule is CN=C(/C=C(/C(C)C)C1CCC1)C(C)C. The second-order valence-electron chi connectivity index (χ2n) is 5.23. The molecule has 0 aromatic rings. The van der Waals surface area contributed by atoms with Crippen LogP contribution in [0.1, 0.15) is 47.0 Å². The zero-order valence-electron chi connectivity index (χ0n) is 10.9. The molecule has 0 aromatic carbocycles. The molecule has 1 nitrogen and oxygen atoms in total. The molecule has 86 valence electrons. The van der Waals surface area contributed by atoms with Gasteiger partial charge in [-0.15, -0.1) is 0 Å². The van der Waals surface area contributed by atoms with Gasteiger partial charge in [0.1, 0.15) is 0 Å². The van der Waals surface area contributed by atoms with Gasteiger partial charge in [0.05, 0.1) is 0 Å². The monoisotopic (exact) mass is 207 g/mol. The van der Waals surface area contributed by atoms with E-state index in [1.807, 2.05) is 7.05 Å². The van der Waals surface area contributed by atoms with Crippen LogP contribution in [-0.2, 0) is 0 Å². The van der Waals surface area contributed by atoms with E-state index in [0.717, 1.165) is 5.92 Å². The van der Waals surface area contributed by atoms with Crippen molar-refractivity contribution in [3.05, 3.63) is 11.6 Å². The van der Waals surface area contributed by atoms with Gasteiger partial charge < -0.3 is 0 Å². The minimum Gasteiger partial charge on any atom is -0.293 e. The van der Waals surface area contributed by atoms with Crippen LogP contribution in [0.25, 0.3) is 0 Å². The third kappa shape index (κ3) is 3.19. The average molecular weight is 207 g/mol. The predicted molar refractivity (Wildman–Crippen MR) is 68.5 cm³/mol. The fourth-order valence-electron chi connectivity index (χ4n) is 2.16. The first kappa shape index (κ1) is 12.5. The Morgan fingerprint density at radius 1 is 1.13 bits per heavy atom. The van der Waals surface area contributed by atoms with Gasteiger partial charge in [-0.3, -0.25) is 4.99 Å². The molecule has 0 unspecified atom stereocenters. The highest BCUT2D eigenvalue weighted by atomic mass is 14.7. The van der Waals surface area contributed by atoms with Gasteiger partial charge in [-0.1, -0.05) is 39.7 Å². The minimum absolute atomic E-state index is 0.545. The molecular formula is C14H25N. The van der Waals surface area contributed by atoms with Crippen molar-refractivity contribution in [3.63, 3.8) is 0 Å². The molecule has 0 bridgehead atoms. The summed E-state index contributed by atoms with van der Waals surface area (Å²) in [6.45, 7) is 9.05. The maximum absolute atomic E-state index is 4.39. The summed E-state index contributed by atoms with van der Waals surface area (Å²) in [6, 6.07) is 0. The van der Waals surface area contributed by atoms with Crippen molar-refractivity contribution in [3.8, 4) is 0 Å². The number of nitrogens with zero attached hydrogens (tertiary/aromatic N) is 1. The lowest BCUT2D eigenvalue weighted by Gasteiger charge is -2.31. The number of hydrogen-bond donors (Lipinski definition) is 0. The van der Waals surface area contributed by atoms with Crippen LogP contribution in [0.3, 0.4) is 0 Å². The Kier molecular flexibility index (Phi) is 4.56. The Morgan fingerprint density at radius 2 is 1.73 bits per heavy atom. The quantitative estimate of drug-likeness (QED) is 0.616. The molecule has 0 N–H and O–H groups in total. The van der Waals surface area contributed by atoms with Gasteiger partial charge in [0.15, 0.2) is 0 Å². The summed E-state index contributed by atoms with van der Waals surface area (Å²) in [5, 5.41) is 0. The molecule has 0 atom stereocenters. The Hall–Kier alpha value is -0.590.